The molecular weight excluding hydrogens is 301 g/mol. The number of nitrogens with one attached hydrogen (secondary N) is 1. The van der Waals surface area contributed by atoms with E-state index in [-0.39, 0.29) is 0 Å². The van der Waals surface area contributed by atoms with E-state index in [1.165, 1.54) is 25.7 Å². The van der Waals surface area contributed by atoms with E-state index in [0.717, 1.165) is 17.5 Å². The molecule has 2 atom stereocenters. The fraction of sp³-hybridized carbons (Fsp3) is 0.600. The first-order chi connectivity index (χ1) is 8.97. The van der Waals surface area contributed by atoms with Gasteiger partial charge in [0.15, 0.2) is 0 Å². The van der Waals surface area contributed by atoms with Crippen LogP contribution in [0.3, 0.4) is 0 Å². The van der Waals surface area contributed by atoms with Gasteiger partial charge in [-0.25, -0.2) is 0 Å². The fourth-order valence-corrected chi connectivity index (χ4v) is 3.77. The van der Waals surface area contributed by atoms with Crippen LogP contribution in [0, 0.1) is 11.8 Å². The molecule has 19 heavy (non-hydrogen) atoms. The zero-order valence-electron chi connectivity index (χ0n) is 11.3. The maximum Gasteiger partial charge on any atom is 0.0722 e. The molecule has 1 aliphatic carbocycles. The van der Waals surface area contributed by atoms with E-state index in [1.54, 1.807) is 12.1 Å². The van der Waals surface area contributed by atoms with Crippen molar-refractivity contribution < 1.29 is 0 Å². The second kappa shape index (κ2) is 6.56. The number of hydrogen-bond acceptors (Lipinski definition) is 1. The molecule has 0 spiro atoms. The SMILES string of the molecule is CC(C)C1CCCC(Nc2c(Cl)cc(Cl)cc2Cl)C1. The maximum atomic E-state index is 6.22. The quantitative estimate of drug-likeness (QED) is 0.691. The standard InChI is InChI=1S/C15H20Cl3N/c1-9(2)10-4-3-5-12(6-10)19-15-13(17)7-11(16)8-14(15)18/h7-10,12,19H,3-6H2,1-2H3. The van der Waals surface area contributed by atoms with Crippen LogP contribution in [0.4, 0.5) is 5.69 Å². The molecule has 1 fully saturated rings. The fourth-order valence-electron chi connectivity index (χ4n) is 2.85. The molecule has 0 bridgehead atoms. The second-order valence-corrected chi connectivity index (χ2v) is 7.01. The van der Waals surface area contributed by atoms with E-state index >= 15 is 0 Å². The van der Waals surface area contributed by atoms with Gasteiger partial charge in [0.25, 0.3) is 0 Å². The monoisotopic (exact) mass is 319 g/mol. The lowest BCUT2D eigenvalue weighted by atomic mass is 9.79. The number of halogens is 3. The minimum absolute atomic E-state index is 0.456. The van der Waals surface area contributed by atoms with Crippen molar-refractivity contribution in [1.29, 1.82) is 0 Å². The highest BCUT2D eigenvalue weighted by Gasteiger charge is 2.25. The molecule has 106 valence electrons. The number of hydrogen-bond donors (Lipinski definition) is 1. The zero-order chi connectivity index (χ0) is 14.0. The summed E-state index contributed by atoms with van der Waals surface area (Å²) in [6.07, 6.45) is 4.97. The Bertz CT molecular complexity index is 422. The third kappa shape index (κ3) is 3.93. The van der Waals surface area contributed by atoms with Crippen molar-refractivity contribution in [2.24, 2.45) is 11.8 Å². The molecule has 1 N–H and O–H groups in total. The van der Waals surface area contributed by atoms with E-state index in [1.807, 2.05) is 0 Å². The molecule has 1 aliphatic rings. The summed E-state index contributed by atoms with van der Waals surface area (Å²) in [5.74, 6) is 1.52. The van der Waals surface area contributed by atoms with Gasteiger partial charge >= 0.3 is 0 Å². The largest absolute Gasteiger partial charge is 0.380 e. The summed E-state index contributed by atoms with van der Waals surface area (Å²) in [5, 5.41) is 5.28. The van der Waals surface area contributed by atoms with Crippen molar-refractivity contribution in [2.75, 3.05) is 5.32 Å². The van der Waals surface area contributed by atoms with Crippen molar-refractivity contribution in [3.05, 3.63) is 27.2 Å². The molecule has 4 heteroatoms. The number of rotatable bonds is 3. The second-order valence-electron chi connectivity index (χ2n) is 5.76. The highest BCUT2D eigenvalue weighted by molar-refractivity contribution is 6.41. The predicted octanol–water partition coefficient (Wildman–Crippen LogP) is 6.27. The zero-order valence-corrected chi connectivity index (χ0v) is 13.6. The highest BCUT2D eigenvalue weighted by atomic mass is 35.5. The summed E-state index contributed by atoms with van der Waals surface area (Å²) in [6.45, 7) is 4.60. The van der Waals surface area contributed by atoms with Crippen LogP contribution in [-0.2, 0) is 0 Å². The summed E-state index contributed by atoms with van der Waals surface area (Å²) >= 11 is 18.4. The van der Waals surface area contributed by atoms with Gasteiger partial charge in [0.05, 0.1) is 15.7 Å². The van der Waals surface area contributed by atoms with E-state index in [9.17, 15) is 0 Å². The predicted molar refractivity (Wildman–Crippen MR) is 85.7 cm³/mol. The maximum absolute atomic E-state index is 6.22. The molecule has 1 aromatic carbocycles. The first kappa shape index (κ1) is 15.3. The Morgan fingerprint density at radius 2 is 1.74 bits per heavy atom. The van der Waals surface area contributed by atoms with Crippen LogP contribution < -0.4 is 5.32 Å². The lowest BCUT2D eigenvalue weighted by Crippen LogP contribution is -2.29. The average molecular weight is 321 g/mol. The number of benzene rings is 1. The molecule has 0 amide bonds. The van der Waals surface area contributed by atoms with Gasteiger partial charge in [-0.3, -0.25) is 0 Å². The highest BCUT2D eigenvalue weighted by Crippen LogP contribution is 2.37. The van der Waals surface area contributed by atoms with Crippen molar-refractivity contribution in [3.63, 3.8) is 0 Å². The third-order valence-electron chi connectivity index (χ3n) is 4.01. The molecule has 0 radical (unpaired) electrons. The normalized spacial score (nSPS) is 23.7. The molecule has 1 saturated carbocycles. The molecule has 1 nitrogen and oxygen atoms in total. The molecule has 0 aromatic heterocycles. The first-order valence-electron chi connectivity index (χ1n) is 6.88. The third-order valence-corrected chi connectivity index (χ3v) is 4.83. The van der Waals surface area contributed by atoms with Crippen molar-refractivity contribution in [2.45, 2.75) is 45.6 Å². The van der Waals surface area contributed by atoms with E-state index in [2.05, 4.69) is 19.2 Å². The van der Waals surface area contributed by atoms with Crippen LogP contribution in [-0.4, -0.2) is 6.04 Å². The van der Waals surface area contributed by atoms with Gasteiger partial charge in [0, 0.05) is 11.1 Å². The average Bonchev–Trinajstić information content (AvgIpc) is 2.34. The summed E-state index contributed by atoms with van der Waals surface area (Å²) in [4.78, 5) is 0. The summed E-state index contributed by atoms with van der Waals surface area (Å²) in [5.41, 5.74) is 0.821. The van der Waals surface area contributed by atoms with Crippen LogP contribution >= 0.6 is 34.8 Å². The Hall–Kier alpha value is -0.110. The van der Waals surface area contributed by atoms with Crippen LogP contribution in [0.5, 0.6) is 0 Å². The molecule has 2 unspecified atom stereocenters. The summed E-state index contributed by atoms with van der Waals surface area (Å²) < 4.78 is 0. The van der Waals surface area contributed by atoms with Crippen molar-refractivity contribution >= 4 is 40.5 Å². The van der Waals surface area contributed by atoms with E-state index in [4.69, 9.17) is 34.8 Å². The lowest BCUT2D eigenvalue weighted by Gasteiger charge is -2.33. The smallest absolute Gasteiger partial charge is 0.0722 e. The molecular formula is C15H20Cl3N. The van der Waals surface area contributed by atoms with Gasteiger partial charge < -0.3 is 5.32 Å². The van der Waals surface area contributed by atoms with Crippen molar-refractivity contribution in [1.82, 2.24) is 0 Å². The Kier molecular flexibility index (Phi) is 5.28. The van der Waals surface area contributed by atoms with E-state index in [0.29, 0.717) is 21.1 Å². The molecule has 0 saturated heterocycles. The van der Waals surface area contributed by atoms with Gasteiger partial charge in [-0.15, -0.1) is 0 Å². The van der Waals surface area contributed by atoms with Gasteiger partial charge in [0.1, 0.15) is 0 Å². The lowest BCUT2D eigenvalue weighted by molar-refractivity contribution is 0.264. The van der Waals surface area contributed by atoms with Gasteiger partial charge in [-0.1, -0.05) is 61.5 Å². The summed E-state index contributed by atoms with van der Waals surface area (Å²) in [7, 11) is 0. The van der Waals surface area contributed by atoms with Gasteiger partial charge in [0.2, 0.25) is 0 Å². The molecule has 1 aromatic rings. The van der Waals surface area contributed by atoms with Crippen molar-refractivity contribution in [3.8, 4) is 0 Å². The van der Waals surface area contributed by atoms with Crippen LogP contribution in [0.2, 0.25) is 15.1 Å². The Balaban J connectivity index is 2.09. The van der Waals surface area contributed by atoms with Gasteiger partial charge in [-0.05, 0) is 36.8 Å². The Labute approximate surface area is 130 Å². The first-order valence-corrected chi connectivity index (χ1v) is 8.02. The topological polar surface area (TPSA) is 12.0 Å². The Morgan fingerprint density at radius 1 is 1.11 bits per heavy atom. The van der Waals surface area contributed by atoms with Crippen LogP contribution in [0.15, 0.2) is 12.1 Å². The Morgan fingerprint density at radius 3 is 2.32 bits per heavy atom. The van der Waals surface area contributed by atoms with Gasteiger partial charge in [-0.2, -0.15) is 0 Å². The summed E-state index contributed by atoms with van der Waals surface area (Å²) in [6, 6.07) is 3.93. The minimum atomic E-state index is 0.456. The van der Waals surface area contributed by atoms with Crippen LogP contribution in [0.25, 0.3) is 0 Å². The van der Waals surface area contributed by atoms with Crippen LogP contribution in [0.1, 0.15) is 39.5 Å². The minimum Gasteiger partial charge on any atom is -0.380 e. The molecule has 0 aliphatic heterocycles. The molecule has 2 rings (SSSR count). The molecule has 0 heterocycles. The van der Waals surface area contributed by atoms with E-state index < -0.39 is 0 Å². The number of anilines is 1.